The van der Waals surface area contributed by atoms with Crippen LogP contribution in [0.15, 0.2) is 18.2 Å². The Bertz CT molecular complexity index is 678. The third-order valence-corrected chi connectivity index (χ3v) is 4.13. The topological polar surface area (TPSA) is 55.1 Å². The van der Waals surface area contributed by atoms with Gasteiger partial charge in [0.15, 0.2) is 0 Å². The highest BCUT2D eigenvalue weighted by atomic mass is 16.4. The monoisotopic (exact) mass is 288 g/mol. The van der Waals surface area contributed by atoms with E-state index in [9.17, 15) is 9.90 Å². The zero-order valence-electron chi connectivity index (χ0n) is 13.6. The molecule has 1 aromatic carbocycles. The first-order valence-corrected chi connectivity index (χ1v) is 7.38. The van der Waals surface area contributed by atoms with E-state index in [1.54, 1.807) is 12.1 Å². The highest BCUT2D eigenvalue weighted by Crippen LogP contribution is 2.36. The SMILES string of the molecule is CC(C)c1nc2c(C(=O)O)cccc2n1C(C)C(C)(C)C. The fraction of sp³-hybridized carbons (Fsp3) is 0.529. The number of fused-ring (bicyclic) bond motifs is 1. The summed E-state index contributed by atoms with van der Waals surface area (Å²) in [5, 5.41) is 9.37. The van der Waals surface area contributed by atoms with Crippen LogP contribution in [0.3, 0.4) is 0 Å². The quantitative estimate of drug-likeness (QED) is 0.906. The summed E-state index contributed by atoms with van der Waals surface area (Å²) in [5.41, 5.74) is 1.83. The number of hydrogen-bond acceptors (Lipinski definition) is 2. The second kappa shape index (κ2) is 5.17. The molecule has 0 aliphatic rings. The minimum Gasteiger partial charge on any atom is -0.478 e. The Morgan fingerprint density at radius 2 is 1.86 bits per heavy atom. The number of carbonyl (C=O) groups is 1. The number of hydrogen-bond donors (Lipinski definition) is 1. The van der Waals surface area contributed by atoms with Crippen LogP contribution in [0.1, 0.15) is 69.7 Å². The highest BCUT2D eigenvalue weighted by molar-refractivity contribution is 6.01. The first kappa shape index (κ1) is 15.5. The Balaban J connectivity index is 2.82. The van der Waals surface area contributed by atoms with Gasteiger partial charge >= 0.3 is 5.97 Å². The van der Waals surface area contributed by atoms with Crippen LogP contribution in [0.4, 0.5) is 0 Å². The minimum absolute atomic E-state index is 0.0660. The van der Waals surface area contributed by atoms with Crippen molar-refractivity contribution in [2.24, 2.45) is 5.41 Å². The van der Waals surface area contributed by atoms with E-state index in [4.69, 9.17) is 0 Å². The second-order valence-electron chi connectivity index (χ2n) is 7.02. The molecule has 2 rings (SSSR count). The molecular weight excluding hydrogens is 264 g/mol. The third-order valence-electron chi connectivity index (χ3n) is 4.13. The molecule has 1 heterocycles. The number of benzene rings is 1. The average molecular weight is 288 g/mol. The van der Waals surface area contributed by atoms with Gasteiger partial charge in [0.1, 0.15) is 11.3 Å². The van der Waals surface area contributed by atoms with Crippen LogP contribution in [0.5, 0.6) is 0 Å². The Morgan fingerprint density at radius 3 is 2.33 bits per heavy atom. The Labute approximate surface area is 125 Å². The summed E-state index contributed by atoms with van der Waals surface area (Å²) in [5.74, 6) is 0.258. The predicted octanol–water partition coefficient (Wildman–Crippen LogP) is 4.47. The first-order valence-electron chi connectivity index (χ1n) is 7.38. The number of carboxylic acids is 1. The standard InChI is InChI=1S/C17H24N2O2/c1-10(2)15-18-14-12(16(20)21)8-7-9-13(14)19(15)11(3)17(4,5)6/h7-11H,1-6H3,(H,20,21). The normalized spacial score (nSPS) is 13.9. The Hall–Kier alpha value is -1.84. The summed E-state index contributed by atoms with van der Waals surface area (Å²) >= 11 is 0. The van der Waals surface area contributed by atoms with Crippen LogP contribution >= 0.6 is 0 Å². The van der Waals surface area contributed by atoms with Gasteiger partial charge in [-0.1, -0.05) is 40.7 Å². The molecule has 114 valence electrons. The summed E-state index contributed by atoms with van der Waals surface area (Å²) in [4.78, 5) is 16.1. The lowest BCUT2D eigenvalue weighted by molar-refractivity contribution is 0.0699. The van der Waals surface area contributed by atoms with Crippen molar-refractivity contribution < 1.29 is 9.90 Å². The molecule has 1 atom stereocenters. The molecule has 1 aromatic heterocycles. The van der Waals surface area contributed by atoms with E-state index in [1.807, 2.05) is 6.07 Å². The first-order chi connectivity index (χ1) is 9.64. The molecule has 0 spiro atoms. The van der Waals surface area contributed by atoms with Crippen molar-refractivity contribution in [3.8, 4) is 0 Å². The van der Waals surface area contributed by atoms with Crippen molar-refractivity contribution in [1.82, 2.24) is 9.55 Å². The second-order valence-corrected chi connectivity index (χ2v) is 7.02. The van der Waals surface area contributed by atoms with E-state index in [2.05, 4.69) is 51.1 Å². The van der Waals surface area contributed by atoms with E-state index in [1.165, 1.54) is 0 Å². The van der Waals surface area contributed by atoms with Crippen LogP contribution in [0, 0.1) is 5.41 Å². The molecule has 0 radical (unpaired) electrons. The van der Waals surface area contributed by atoms with E-state index >= 15 is 0 Å². The van der Waals surface area contributed by atoms with Gasteiger partial charge < -0.3 is 9.67 Å². The lowest BCUT2D eigenvalue weighted by Gasteiger charge is -2.31. The molecule has 0 bridgehead atoms. The Kier molecular flexibility index (Phi) is 3.83. The van der Waals surface area contributed by atoms with Gasteiger partial charge in [-0.25, -0.2) is 9.78 Å². The van der Waals surface area contributed by atoms with Gasteiger partial charge in [0.05, 0.1) is 11.1 Å². The van der Waals surface area contributed by atoms with Crippen LogP contribution in [-0.4, -0.2) is 20.6 Å². The van der Waals surface area contributed by atoms with Gasteiger partial charge in [0.25, 0.3) is 0 Å². The molecule has 0 aliphatic heterocycles. The number of rotatable bonds is 3. The van der Waals surface area contributed by atoms with Crippen molar-refractivity contribution in [3.05, 3.63) is 29.6 Å². The van der Waals surface area contributed by atoms with Gasteiger partial charge in [-0.2, -0.15) is 0 Å². The fourth-order valence-corrected chi connectivity index (χ4v) is 2.51. The highest BCUT2D eigenvalue weighted by Gasteiger charge is 2.28. The maximum absolute atomic E-state index is 11.4. The lowest BCUT2D eigenvalue weighted by atomic mass is 9.87. The van der Waals surface area contributed by atoms with Crippen molar-refractivity contribution >= 4 is 17.0 Å². The third kappa shape index (κ3) is 2.67. The Morgan fingerprint density at radius 1 is 1.24 bits per heavy atom. The molecule has 0 fully saturated rings. The van der Waals surface area contributed by atoms with Gasteiger partial charge in [0, 0.05) is 12.0 Å². The molecule has 0 aliphatic carbocycles. The summed E-state index contributed by atoms with van der Waals surface area (Å²) in [6.07, 6.45) is 0. The van der Waals surface area contributed by atoms with Gasteiger partial charge in [-0.3, -0.25) is 0 Å². The molecule has 4 heteroatoms. The van der Waals surface area contributed by atoms with Crippen molar-refractivity contribution in [2.45, 2.75) is 53.5 Å². The van der Waals surface area contributed by atoms with Crippen molar-refractivity contribution in [2.75, 3.05) is 0 Å². The van der Waals surface area contributed by atoms with Crippen LogP contribution in [0.2, 0.25) is 0 Å². The molecule has 1 N–H and O–H groups in total. The van der Waals surface area contributed by atoms with Gasteiger partial charge in [-0.15, -0.1) is 0 Å². The number of para-hydroxylation sites is 1. The maximum Gasteiger partial charge on any atom is 0.337 e. The van der Waals surface area contributed by atoms with E-state index in [-0.39, 0.29) is 22.9 Å². The number of nitrogens with zero attached hydrogens (tertiary/aromatic N) is 2. The molecule has 0 saturated heterocycles. The smallest absolute Gasteiger partial charge is 0.337 e. The van der Waals surface area contributed by atoms with Gasteiger partial charge in [0.2, 0.25) is 0 Å². The van der Waals surface area contributed by atoms with E-state index in [0.717, 1.165) is 11.3 Å². The summed E-state index contributed by atoms with van der Waals surface area (Å²) in [7, 11) is 0. The van der Waals surface area contributed by atoms with Crippen molar-refractivity contribution in [3.63, 3.8) is 0 Å². The molecule has 21 heavy (non-hydrogen) atoms. The summed E-state index contributed by atoms with van der Waals surface area (Å²) < 4.78 is 2.20. The van der Waals surface area contributed by atoms with Crippen LogP contribution in [-0.2, 0) is 0 Å². The number of carboxylic acid groups (broad SMARTS) is 1. The molecular formula is C17H24N2O2. The largest absolute Gasteiger partial charge is 0.478 e. The zero-order chi connectivity index (χ0) is 15.9. The number of aromatic carboxylic acids is 1. The fourth-order valence-electron chi connectivity index (χ4n) is 2.51. The maximum atomic E-state index is 11.4. The predicted molar refractivity (Wildman–Crippen MR) is 84.9 cm³/mol. The molecule has 2 aromatic rings. The molecule has 0 saturated carbocycles. The number of aromatic nitrogens is 2. The molecule has 4 nitrogen and oxygen atoms in total. The average Bonchev–Trinajstić information content (AvgIpc) is 2.75. The van der Waals surface area contributed by atoms with E-state index < -0.39 is 5.97 Å². The molecule has 0 amide bonds. The summed E-state index contributed by atoms with van der Waals surface area (Å²) in [6, 6.07) is 5.60. The minimum atomic E-state index is -0.927. The van der Waals surface area contributed by atoms with Crippen LogP contribution in [0.25, 0.3) is 11.0 Å². The molecule has 1 unspecified atom stereocenters. The number of imidazole rings is 1. The van der Waals surface area contributed by atoms with Gasteiger partial charge in [-0.05, 0) is 24.5 Å². The summed E-state index contributed by atoms with van der Waals surface area (Å²) in [6.45, 7) is 12.9. The van der Waals surface area contributed by atoms with Crippen LogP contribution < -0.4 is 0 Å². The van der Waals surface area contributed by atoms with Crippen molar-refractivity contribution in [1.29, 1.82) is 0 Å². The van der Waals surface area contributed by atoms with E-state index in [0.29, 0.717) is 5.52 Å². The lowest BCUT2D eigenvalue weighted by Crippen LogP contribution is -2.23. The zero-order valence-corrected chi connectivity index (χ0v) is 13.6.